The molecule has 1 aromatic carbocycles. The summed E-state index contributed by atoms with van der Waals surface area (Å²) in [6.45, 7) is 5.21. The largest absolute Gasteiger partial charge is 0.396 e. The Labute approximate surface area is 113 Å². The van der Waals surface area contributed by atoms with Gasteiger partial charge in [0.2, 0.25) is 0 Å². The van der Waals surface area contributed by atoms with E-state index in [1.54, 1.807) is 18.2 Å². The van der Waals surface area contributed by atoms with Crippen molar-refractivity contribution >= 4 is 17.3 Å². The number of aliphatic hydroxyl groups excluding tert-OH is 1. The third-order valence-corrected chi connectivity index (χ3v) is 3.11. The van der Waals surface area contributed by atoms with Crippen LogP contribution in [0.15, 0.2) is 18.2 Å². The minimum Gasteiger partial charge on any atom is -0.396 e. The second-order valence-electron chi connectivity index (χ2n) is 5.15. The monoisotopic (exact) mass is 266 g/mol. The van der Waals surface area contributed by atoms with E-state index in [0.717, 1.165) is 25.1 Å². The van der Waals surface area contributed by atoms with Crippen LogP contribution in [-0.4, -0.2) is 18.3 Å². The number of halogens is 1. The lowest BCUT2D eigenvalue weighted by molar-refractivity contribution is 0.248. The number of rotatable bonds is 6. The van der Waals surface area contributed by atoms with Gasteiger partial charge in [-0.15, -0.1) is 0 Å². The van der Waals surface area contributed by atoms with Gasteiger partial charge >= 0.3 is 0 Å². The Morgan fingerprint density at radius 1 is 1.44 bits per heavy atom. The predicted octanol–water partition coefficient (Wildman–Crippen LogP) is 3.42. The lowest BCUT2D eigenvalue weighted by Gasteiger charge is -2.25. The zero-order valence-corrected chi connectivity index (χ0v) is 11.6. The number of nitrogens with one attached hydrogen (secondary N) is 1. The summed E-state index contributed by atoms with van der Waals surface area (Å²) in [7, 11) is 0. The van der Waals surface area contributed by atoms with Crippen molar-refractivity contribution < 1.29 is 5.11 Å². The second-order valence-corrected chi connectivity index (χ2v) is 5.58. The SMILES string of the molecule is CC(C)(CCCO)CNc1cc(Cl)ccc1C#N. The van der Waals surface area contributed by atoms with Gasteiger partial charge in [-0.25, -0.2) is 0 Å². The fourth-order valence-electron chi connectivity index (χ4n) is 1.74. The van der Waals surface area contributed by atoms with E-state index < -0.39 is 0 Å². The molecule has 0 amide bonds. The molecule has 0 unspecified atom stereocenters. The second kappa shape index (κ2) is 6.63. The highest BCUT2D eigenvalue weighted by atomic mass is 35.5. The topological polar surface area (TPSA) is 56.0 Å². The standard InChI is InChI=1S/C14H19ClN2O/c1-14(2,6-3-7-18)10-17-13-8-12(15)5-4-11(13)9-16/h4-5,8,17-18H,3,6-7,10H2,1-2H3. The van der Waals surface area contributed by atoms with Crippen molar-refractivity contribution in [2.75, 3.05) is 18.5 Å². The van der Waals surface area contributed by atoms with E-state index in [-0.39, 0.29) is 12.0 Å². The van der Waals surface area contributed by atoms with Crippen LogP contribution < -0.4 is 5.32 Å². The van der Waals surface area contributed by atoms with Crippen LogP contribution in [0.2, 0.25) is 5.02 Å². The number of benzene rings is 1. The normalized spacial score (nSPS) is 11.1. The van der Waals surface area contributed by atoms with Gasteiger partial charge in [0.1, 0.15) is 6.07 Å². The highest BCUT2D eigenvalue weighted by molar-refractivity contribution is 6.30. The quantitative estimate of drug-likeness (QED) is 0.829. The number of nitrogens with zero attached hydrogens (tertiary/aromatic N) is 1. The van der Waals surface area contributed by atoms with Crippen LogP contribution in [-0.2, 0) is 0 Å². The van der Waals surface area contributed by atoms with Crippen molar-refractivity contribution in [3.05, 3.63) is 28.8 Å². The maximum absolute atomic E-state index is 9.01. The average molecular weight is 267 g/mol. The first-order valence-electron chi connectivity index (χ1n) is 6.03. The van der Waals surface area contributed by atoms with Crippen LogP contribution in [0.25, 0.3) is 0 Å². The van der Waals surface area contributed by atoms with E-state index in [4.69, 9.17) is 22.0 Å². The number of aliphatic hydroxyl groups is 1. The van der Waals surface area contributed by atoms with Gasteiger partial charge in [-0.2, -0.15) is 5.26 Å². The Morgan fingerprint density at radius 3 is 2.78 bits per heavy atom. The van der Waals surface area contributed by atoms with Crippen LogP contribution in [0.1, 0.15) is 32.3 Å². The Kier molecular flexibility index (Phi) is 5.46. The molecule has 0 fully saturated rings. The van der Waals surface area contributed by atoms with E-state index in [2.05, 4.69) is 25.2 Å². The Balaban J connectivity index is 2.68. The molecule has 0 aliphatic carbocycles. The van der Waals surface area contributed by atoms with Crippen LogP contribution >= 0.6 is 11.6 Å². The molecule has 1 rings (SSSR count). The Morgan fingerprint density at radius 2 is 2.17 bits per heavy atom. The van der Waals surface area contributed by atoms with Gasteiger partial charge in [0, 0.05) is 18.2 Å². The minimum atomic E-state index is 0.0672. The van der Waals surface area contributed by atoms with E-state index in [1.165, 1.54) is 0 Å². The average Bonchev–Trinajstić information content (AvgIpc) is 2.34. The molecular formula is C14H19ClN2O. The molecule has 0 radical (unpaired) electrons. The van der Waals surface area contributed by atoms with E-state index >= 15 is 0 Å². The molecule has 98 valence electrons. The molecule has 0 saturated carbocycles. The Bertz CT molecular complexity index is 438. The lowest BCUT2D eigenvalue weighted by Crippen LogP contribution is -2.23. The summed E-state index contributed by atoms with van der Waals surface area (Å²) in [5.74, 6) is 0. The molecule has 1 aromatic rings. The fraction of sp³-hybridized carbons (Fsp3) is 0.500. The summed E-state index contributed by atoms with van der Waals surface area (Å²) in [5, 5.41) is 21.7. The van der Waals surface area contributed by atoms with Crippen molar-refractivity contribution in [1.82, 2.24) is 0 Å². The van der Waals surface area contributed by atoms with Crippen molar-refractivity contribution in [1.29, 1.82) is 5.26 Å². The van der Waals surface area contributed by atoms with Crippen LogP contribution in [0, 0.1) is 16.7 Å². The van der Waals surface area contributed by atoms with E-state index in [1.807, 2.05) is 0 Å². The summed E-state index contributed by atoms with van der Waals surface area (Å²) >= 11 is 5.92. The zero-order chi connectivity index (χ0) is 13.6. The first-order chi connectivity index (χ1) is 8.48. The molecular weight excluding hydrogens is 248 g/mol. The molecule has 0 heterocycles. The summed E-state index contributed by atoms with van der Waals surface area (Å²) in [5.41, 5.74) is 1.43. The first kappa shape index (κ1) is 14.8. The van der Waals surface area contributed by atoms with Gasteiger partial charge in [-0.3, -0.25) is 0 Å². The van der Waals surface area contributed by atoms with Crippen molar-refractivity contribution in [3.8, 4) is 6.07 Å². The van der Waals surface area contributed by atoms with Gasteiger partial charge in [0.15, 0.2) is 0 Å². The number of anilines is 1. The van der Waals surface area contributed by atoms with Gasteiger partial charge < -0.3 is 10.4 Å². The van der Waals surface area contributed by atoms with Crippen molar-refractivity contribution in [2.24, 2.45) is 5.41 Å². The fourth-order valence-corrected chi connectivity index (χ4v) is 1.91. The molecule has 0 aliphatic rings. The number of hydrogen-bond acceptors (Lipinski definition) is 3. The smallest absolute Gasteiger partial charge is 0.101 e. The molecule has 2 N–H and O–H groups in total. The molecule has 18 heavy (non-hydrogen) atoms. The molecule has 0 spiro atoms. The van der Waals surface area contributed by atoms with Gasteiger partial charge in [0.25, 0.3) is 0 Å². The minimum absolute atomic E-state index is 0.0672. The summed E-state index contributed by atoms with van der Waals surface area (Å²) < 4.78 is 0. The van der Waals surface area contributed by atoms with Crippen LogP contribution in [0.3, 0.4) is 0 Å². The highest BCUT2D eigenvalue weighted by Gasteiger charge is 2.17. The maximum Gasteiger partial charge on any atom is 0.101 e. The van der Waals surface area contributed by atoms with Crippen LogP contribution in [0.5, 0.6) is 0 Å². The third kappa shape index (κ3) is 4.56. The highest BCUT2D eigenvalue weighted by Crippen LogP contribution is 2.25. The number of hydrogen-bond donors (Lipinski definition) is 2. The van der Waals surface area contributed by atoms with Crippen molar-refractivity contribution in [3.63, 3.8) is 0 Å². The molecule has 0 aromatic heterocycles. The predicted molar refractivity (Wildman–Crippen MR) is 74.8 cm³/mol. The summed E-state index contributed by atoms with van der Waals surface area (Å²) in [6, 6.07) is 7.33. The van der Waals surface area contributed by atoms with Crippen molar-refractivity contribution in [2.45, 2.75) is 26.7 Å². The van der Waals surface area contributed by atoms with E-state index in [0.29, 0.717) is 10.6 Å². The van der Waals surface area contributed by atoms with E-state index in [9.17, 15) is 0 Å². The molecule has 0 saturated heterocycles. The van der Waals surface area contributed by atoms with Crippen LogP contribution in [0.4, 0.5) is 5.69 Å². The molecule has 0 bridgehead atoms. The maximum atomic E-state index is 9.01. The summed E-state index contributed by atoms with van der Waals surface area (Å²) in [6.07, 6.45) is 1.72. The first-order valence-corrected chi connectivity index (χ1v) is 6.41. The lowest BCUT2D eigenvalue weighted by atomic mass is 9.88. The number of nitriles is 1. The molecule has 3 nitrogen and oxygen atoms in total. The third-order valence-electron chi connectivity index (χ3n) is 2.87. The van der Waals surface area contributed by atoms with Gasteiger partial charge in [-0.1, -0.05) is 25.4 Å². The molecule has 0 aliphatic heterocycles. The van der Waals surface area contributed by atoms with Gasteiger partial charge in [0.05, 0.1) is 11.3 Å². The molecule has 4 heteroatoms. The summed E-state index contributed by atoms with van der Waals surface area (Å²) in [4.78, 5) is 0. The van der Waals surface area contributed by atoms with Gasteiger partial charge in [-0.05, 0) is 36.5 Å². The molecule has 0 atom stereocenters. The zero-order valence-electron chi connectivity index (χ0n) is 10.8. The Hall–Kier alpha value is -1.24.